The molecule has 0 radical (unpaired) electrons. The monoisotopic (exact) mass is 369 g/mol. The molecule has 1 amide bonds. The first kappa shape index (κ1) is 19.3. The number of nitrogens with zero attached hydrogens (tertiary/aromatic N) is 4. The van der Waals surface area contributed by atoms with Gasteiger partial charge in [-0.15, -0.1) is 0 Å². The van der Waals surface area contributed by atoms with Crippen molar-refractivity contribution in [2.75, 3.05) is 44.6 Å². The lowest BCUT2D eigenvalue weighted by Gasteiger charge is -2.34. The summed E-state index contributed by atoms with van der Waals surface area (Å²) in [7, 11) is 0. The molecule has 0 bridgehead atoms. The summed E-state index contributed by atoms with van der Waals surface area (Å²) in [5.41, 5.74) is 1.37. The lowest BCUT2D eigenvalue weighted by atomic mass is 10.1. The van der Waals surface area contributed by atoms with Crippen molar-refractivity contribution in [1.29, 1.82) is 0 Å². The van der Waals surface area contributed by atoms with Crippen LogP contribution in [0.15, 0.2) is 36.7 Å². The Bertz CT molecular complexity index is 776. The molecule has 0 unspecified atom stereocenters. The molecule has 1 saturated heterocycles. The highest BCUT2D eigenvalue weighted by Gasteiger charge is 2.19. The molecule has 1 fully saturated rings. The zero-order valence-corrected chi connectivity index (χ0v) is 16.0. The Morgan fingerprint density at radius 3 is 2.30 bits per heavy atom. The van der Waals surface area contributed by atoms with Crippen LogP contribution in [-0.4, -0.2) is 70.3 Å². The molecule has 1 aliphatic rings. The summed E-state index contributed by atoms with van der Waals surface area (Å²) in [6.07, 6.45) is 3.85. The van der Waals surface area contributed by atoms with Gasteiger partial charge in [-0.2, -0.15) is 0 Å². The standard InChI is InChI=1S/C20H27N5O2/c1-16(26)18-3-5-19(6-4-18)22-20(27)15-24-11-9-23(10-12-24)13-14-25-8-7-21-17(25)2/h3-8H,9-15H2,1-2H3,(H,22,27). The molecule has 2 aromatic rings. The average Bonchev–Trinajstić information content (AvgIpc) is 3.06. The van der Waals surface area contributed by atoms with Crippen LogP contribution in [0, 0.1) is 6.92 Å². The lowest BCUT2D eigenvalue weighted by molar-refractivity contribution is -0.117. The number of piperazine rings is 1. The van der Waals surface area contributed by atoms with Gasteiger partial charge < -0.3 is 9.88 Å². The van der Waals surface area contributed by atoms with Crippen LogP contribution in [0.25, 0.3) is 0 Å². The SMILES string of the molecule is CC(=O)c1ccc(NC(=O)CN2CCN(CCn3ccnc3C)CC2)cc1. The molecule has 1 aromatic carbocycles. The van der Waals surface area contributed by atoms with E-state index in [2.05, 4.69) is 24.7 Å². The summed E-state index contributed by atoms with van der Waals surface area (Å²) in [5, 5.41) is 2.90. The fraction of sp³-hybridized carbons (Fsp3) is 0.450. The highest BCUT2D eigenvalue weighted by molar-refractivity contribution is 5.96. The van der Waals surface area contributed by atoms with Crippen LogP contribution in [0.4, 0.5) is 5.69 Å². The normalized spacial score (nSPS) is 15.6. The van der Waals surface area contributed by atoms with E-state index in [0.29, 0.717) is 12.1 Å². The molecule has 0 atom stereocenters. The zero-order chi connectivity index (χ0) is 19.2. The van der Waals surface area contributed by atoms with Crippen LogP contribution in [0.1, 0.15) is 23.1 Å². The van der Waals surface area contributed by atoms with Gasteiger partial charge in [-0.1, -0.05) is 0 Å². The third-order valence-corrected chi connectivity index (χ3v) is 4.99. The fourth-order valence-electron chi connectivity index (χ4n) is 3.25. The van der Waals surface area contributed by atoms with Crippen LogP contribution in [-0.2, 0) is 11.3 Å². The van der Waals surface area contributed by atoms with E-state index in [-0.39, 0.29) is 11.7 Å². The summed E-state index contributed by atoms with van der Waals surface area (Å²) < 4.78 is 2.16. The van der Waals surface area contributed by atoms with E-state index in [4.69, 9.17) is 0 Å². The summed E-state index contributed by atoms with van der Waals surface area (Å²) in [6.45, 7) is 9.60. The molecule has 1 aliphatic heterocycles. The molecule has 0 spiro atoms. The zero-order valence-electron chi connectivity index (χ0n) is 16.0. The minimum atomic E-state index is -0.0203. The van der Waals surface area contributed by atoms with Gasteiger partial charge in [0.15, 0.2) is 5.78 Å². The number of hydrogen-bond donors (Lipinski definition) is 1. The minimum absolute atomic E-state index is 0.0203. The summed E-state index contributed by atoms with van der Waals surface area (Å²) in [5.74, 6) is 1.05. The van der Waals surface area contributed by atoms with E-state index in [0.717, 1.165) is 50.8 Å². The summed E-state index contributed by atoms with van der Waals surface area (Å²) in [4.78, 5) is 32.4. The largest absolute Gasteiger partial charge is 0.334 e. The molecule has 0 aliphatic carbocycles. The first-order chi connectivity index (χ1) is 13.0. The number of Topliss-reactive ketones (excluding diaryl/α,β-unsaturated/α-hetero) is 1. The van der Waals surface area contributed by atoms with Crippen molar-refractivity contribution < 1.29 is 9.59 Å². The quantitative estimate of drug-likeness (QED) is 0.752. The number of ketones is 1. The van der Waals surface area contributed by atoms with Crippen molar-refractivity contribution in [3.05, 3.63) is 48.0 Å². The van der Waals surface area contributed by atoms with E-state index in [1.165, 1.54) is 6.92 Å². The Labute approximate surface area is 160 Å². The number of rotatable bonds is 7. The van der Waals surface area contributed by atoms with Crippen molar-refractivity contribution in [3.63, 3.8) is 0 Å². The first-order valence-electron chi connectivity index (χ1n) is 9.34. The highest BCUT2D eigenvalue weighted by Crippen LogP contribution is 2.10. The van der Waals surface area contributed by atoms with E-state index in [1.807, 2.05) is 19.3 Å². The predicted octanol–water partition coefficient (Wildman–Crippen LogP) is 1.65. The van der Waals surface area contributed by atoms with Crippen molar-refractivity contribution in [1.82, 2.24) is 19.4 Å². The molecule has 144 valence electrons. The second kappa shape index (κ2) is 8.92. The van der Waals surface area contributed by atoms with E-state index in [9.17, 15) is 9.59 Å². The molecule has 7 heteroatoms. The Hall–Kier alpha value is -2.51. The van der Waals surface area contributed by atoms with Gasteiger partial charge in [0.05, 0.1) is 6.54 Å². The number of carbonyl (C=O) groups excluding carboxylic acids is 2. The van der Waals surface area contributed by atoms with Gasteiger partial charge in [0.25, 0.3) is 0 Å². The summed E-state index contributed by atoms with van der Waals surface area (Å²) in [6, 6.07) is 7.01. The molecule has 27 heavy (non-hydrogen) atoms. The van der Waals surface area contributed by atoms with Gasteiger partial charge in [0, 0.05) is 62.9 Å². The number of anilines is 1. The number of aryl methyl sites for hydroxylation is 1. The number of carbonyl (C=O) groups is 2. The topological polar surface area (TPSA) is 70.5 Å². The Morgan fingerprint density at radius 1 is 1.04 bits per heavy atom. The molecular formula is C20H27N5O2. The van der Waals surface area contributed by atoms with Crippen molar-refractivity contribution >= 4 is 17.4 Å². The van der Waals surface area contributed by atoms with E-state index in [1.54, 1.807) is 24.3 Å². The molecule has 0 saturated carbocycles. The predicted molar refractivity (Wildman–Crippen MR) is 105 cm³/mol. The maximum absolute atomic E-state index is 12.3. The third kappa shape index (κ3) is 5.48. The Balaban J connectivity index is 1.38. The summed E-state index contributed by atoms with van der Waals surface area (Å²) >= 11 is 0. The molecular weight excluding hydrogens is 342 g/mol. The smallest absolute Gasteiger partial charge is 0.238 e. The fourth-order valence-corrected chi connectivity index (χ4v) is 3.25. The third-order valence-electron chi connectivity index (χ3n) is 4.99. The number of benzene rings is 1. The van der Waals surface area contributed by atoms with Crippen LogP contribution >= 0.6 is 0 Å². The van der Waals surface area contributed by atoms with Crippen LogP contribution in [0.5, 0.6) is 0 Å². The van der Waals surface area contributed by atoms with Crippen molar-refractivity contribution in [3.8, 4) is 0 Å². The lowest BCUT2D eigenvalue weighted by Crippen LogP contribution is -2.49. The van der Waals surface area contributed by atoms with Crippen molar-refractivity contribution in [2.45, 2.75) is 20.4 Å². The van der Waals surface area contributed by atoms with Crippen molar-refractivity contribution in [2.24, 2.45) is 0 Å². The van der Waals surface area contributed by atoms with E-state index < -0.39 is 0 Å². The maximum Gasteiger partial charge on any atom is 0.238 e. The second-order valence-corrected chi connectivity index (χ2v) is 6.97. The minimum Gasteiger partial charge on any atom is -0.334 e. The Morgan fingerprint density at radius 2 is 1.70 bits per heavy atom. The second-order valence-electron chi connectivity index (χ2n) is 6.97. The van der Waals surface area contributed by atoms with Gasteiger partial charge in [0.2, 0.25) is 5.91 Å². The number of aromatic nitrogens is 2. The van der Waals surface area contributed by atoms with Crippen LogP contribution < -0.4 is 5.32 Å². The van der Waals surface area contributed by atoms with Gasteiger partial charge in [0.1, 0.15) is 5.82 Å². The average molecular weight is 369 g/mol. The number of amides is 1. The van der Waals surface area contributed by atoms with Crippen LogP contribution in [0.2, 0.25) is 0 Å². The molecule has 7 nitrogen and oxygen atoms in total. The molecule has 1 aromatic heterocycles. The number of hydrogen-bond acceptors (Lipinski definition) is 5. The molecule has 3 rings (SSSR count). The number of nitrogens with one attached hydrogen (secondary N) is 1. The van der Waals surface area contributed by atoms with Gasteiger partial charge >= 0.3 is 0 Å². The van der Waals surface area contributed by atoms with Crippen LogP contribution in [0.3, 0.4) is 0 Å². The molecule has 1 N–H and O–H groups in total. The Kier molecular flexibility index (Phi) is 6.36. The highest BCUT2D eigenvalue weighted by atomic mass is 16.2. The number of imidazole rings is 1. The first-order valence-corrected chi connectivity index (χ1v) is 9.34. The van der Waals surface area contributed by atoms with Gasteiger partial charge in [-0.3, -0.25) is 19.4 Å². The maximum atomic E-state index is 12.3. The van der Waals surface area contributed by atoms with Gasteiger partial charge in [-0.25, -0.2) is 4.98 Å². The van der Waals surface area contributed by atoms with E-state index >= 15 is 0 Å². The van der Waals surface area contributed by atoms with Gasteiger partial charge in [-0.05, 0) is 38.1 Å². The molecule has 2 heterocycles.